The largest absolute Gasteiger partial charge is 0.368 e. The number of carbonyl (C=O) groups is 3. The summed E-state index contributed by atoms with van der Waals surface area (Å²) in [6, 6.07) is 5.20. The molecular formula is C17H21FN4O3. The first kappa shape index (κ1) is 17.2. The fourth-order valence-electron chi connectivity index (χ4n) is 3.34. The molecular weight excluding hydrogens is 327 g/mol. The molecule has 2 aliphatic heterocycles. The Bertz CT molecular complexity index is 679. The third-order valence-electron chi connectivity index (χ3n) is 4.72. The summed E-state index contributed by atoms with van der Waals surface area (Å²) in [4.78, 5) is 41.0. The molecule has 0 radical (unpaired) electrons. The summed E-state index contributed by atoms with van der Waals surface area (Å²) in [5.41, 5.74) is 6.27. The zero-order valence-corrected chi connectivity index (χ0v) is 13.9. The minimum Gasteiger partial charge on any atom is -0.368 e. The summed E-state index contributed by atoms with van der Waals surface area (Å²) in [6.07, 6.45) is 1.22. The minimum absolute atomic E-state index is 0.0147. The van der Waals surface area contributed by atoms with E-state index in [9.17, 15) is 18.8 Å². The Morgan fingerprint density at radius 1 is 1.16 bits per heavy atom. The minimum atomic E-state index is -0.774. The smallest absolute Gasteiger partial charge is 0.243 e. The van der Waals surface area contributed by atoms with Crippen molar-refractivity contribution < 1.29 is 18.8 Å². The van der Waals surface area contributed by atoms with Crippen LogP contribution in [0.5, 0.6) is 0 Å². The maximum absolute atomic E-state index is 13.1. The lowest BCUT2D eigenvalue weighted by molar-refractivity contribution is -0.143. The summed E-state index contributed by atoms with van der Waals surface area (Å²) < 4.78 is 13.1. The van der Waals surface area contributed by atoms with Gasteiger partial charge in [0, 0.05) is 38.3 Å². The van der Waals surface area contributed by atoms with Crippen LogP contribution < -0.4 is 10.6 Å². The van der Waals surface area contributed by atoms with E-state index in [4.69, 9.17) is 5.73 Å². The molecule has 0 aromatic heterocycles. The van der Waals surface area contributed by atoms with E-state index in [-0.39, 0.29) is 30.7 Å². The van der Waals surface area contributed by atoms with Crippen molar-refractivity contribution in [1.82, 2.24) is 9.80 Å². The first-order valence-corrected chi connectivity index (χ1v) is 8.33. The van der Waals surface area contributed by atoms with Crippen LogP contribution in [0.4, 0.5) is 10.1 Å². The van der Waals surface area contributed by atoms with E-state index in [0.29, 0.717) is 26.1 Å². The van der Waals surface area contributed by atoms with Crippen molar-refractivity contribution in [3.63, 3.8) is 0 Å². The van der Waals surface area contributed by atoms with E-state index in [1.165, 1.54) is 21.9 Å². The number of anilines is 1. The second-order valence-corrected chi connectivity index (χ2v) is 6.35. The summed E-state index contributed by atoms with van der Waals surface area (Å²) in [7, 11) is 0. The second kappa shape index (κ2) is 7.08. The van der Waals surface area contributed by atoms with Crippen LogP contribution in [-0.4, -0.2) is 66.3 Å². The fourth-order valence-corrected chi connectivity index (χ4v) is 3.34. The Morgan fingerprint density at radius 2 is 1.88 bits per heavy atom. The average molecular weight is 348 g/mol. The third-order valence-corrected chi connectivity index (χ3v) is 4.72. The van der Waals surface area contributed by atoms with Gasteiger partial charge in [-0.3, -0.25) is 14.4 Å². The number of hydrogen-bond donors (Lipinski definition) is 1. The summed E-state index contributed by atoms with van der Waals surface area (Å²) in [6.45, 7) is 1.64. The Labute approximate surface area is 145 Å². The van der Waals surface area contributed by atoms with E-state index in [1.54, 1.807) is 12.1 Å². The van der Waals surface area contributed by atoms with Gasteiger partial charge in [-0.15, -0.1) is 0 Å². The standard InChI is InChI=1S/C17H21FN4O3/c18-12-3-5-13(6-4-12)20-8-9-22(14(10-20)17(19)25)16(24)11-21-7-1-2-15(21)23/h3-6,14H,1-2,7-11H2,(H2,19,25). The van der Waals surface area contributed by atoms with Crippen LogP contribution in [0.15, 0.2) is 24.3 Å². The van der Waals surface area contributed by atoms with Gasteiger partial charge in [-0.1, -0.05) is 0 Å². The van der Waals surface area contributed by atoms with Crippen LogP contribution in [0.25, 0.3) is 0 Å². The fraction of sp³-hybridized carbons (Fsp3) is 0.471. The van der Waals surface area contributed by atoms with Gasteiger partial charge in [-0.25, -0.2) is 4.39 Å². The van der Waals surface area contributed by atoms with E-state index in [1.807, 2.05) is 4.90 Å². The Kier molecular flexibility index (Phi) is 4.87. The molecule has 2 aliphatic rings. The number of piperazine rings is 1. The van der Waals surface area contributed by atoms with Gasteiger partial charge in [-0.05, 0) is 30.7 Å². The van der Waals surface area contributed by atoms with Crippen LogP contribution in [-0.2, 0) is 14.4 Å². The number of amides is 3. The lowest BCUT2D eigenvalue weighted by Crippen LogP contribution is -2.61. The SMILES string of the molecule is NC(=O)C1CN(c2ccc(F)cc2)CCN1C(=O)CN1CCCC1=O. The van der Waals surface area contributed by atoms with E-state index < -0.39 is 11.9 Å². The number of nitrogens with zero attached hydrogens (tertiary/aromatic N) is 3. The molecule has 0 aliphatic carbocycles. The number of rotatable bonds is 4. The van der Waals surface area contributed by atoms with Crippen LogP contribution in [0.1, 0.15) is 12.8 Å². The zero-order valence-electron chi connectivity index (χ0n) is 13.9. The van der Waals surface area contributed by atoms with E-state index in [2.05, 4.69) is 0 Å². The van der Waals surface area contributed by atoms with Crippen LogP contribution >= 0.6 is 0 Å². The topological polar surface area (TPSA) is 87.0 Å². The molecule has 0 saturated carbocycles. The summed E-state index contributed by atoms with van der Waals surface area (Å²) >= 11 is 0. The quantitative estimate of drug-likeness (QED) is 0.827. The van der Waals surface area contributed by atoms with Crippen molar-refractivity contribution in [2.45, 2.75) is 18.9 Å². The molecule has 134 valence electrons. The molecule has 1 atom stereocenters. The van der Waals surface area contributed by atoms with Crippen molar-refractivity contribution in [2.24, 2.45) is 5.73 Å². The van der Waals surface area contributed by atoms with Crippen molar-refractivity contribution in [3.8, 4) is 0 Å². The monoisotopic (exact) mass is 348 g/mol. The van der Waals surface area contributed by atoms with Gasteiger partial charge in [0.05, 0.1) is 6.54 Å². The molecule has 0 bridgehead atoms. The highest BCUT2D eigenvalue weighted by atomic mass is 19.1. The highest BCUT2D eigenvalue weighted by Gasteiger charge is 2.35. The first-order valence-electron chi connectivity index (χ1n) is 8.33. The average Bonchev–Trinajstić information content (AvgIpc) is 2.99. The van der Waals surface area contributed by atoms with Gasteiger partial charge in [0.15, 0.2) is 0 Å². The predicted octanol–water partition coefficient (Wildman–Crippen LogP) is -0.0494. The molecule has 0 spiro atoms. The molecule has 3 rings (SSSR count). The Hall–Kier alpha value is -2.64. The number of halogens is 1. The maximum Gasteiger partial charge on any atom is 0.243 e. The molecule has 1 unspecified atom stereocenters. The third kappa shape index (κ3) is 3.72. The van der Waals surface area contributed by atoms with Crippen LogP contribution in [0.2, 0.25) is 0 Å². The van der Waals surface area contributed by atoms with Gasteiger partial charge < -0.3 is 20.4 Å². The molecule has 8 heteroatoms. The predicted molar refractivity (Wildman–Crippen MR) is 89.1 cm³/mol. The normalized spacial score (nSPS) is 20.9. The first-order chi connectivity index (χ1) is 12.0. The number of likely N-dealkylation sites (tertiary alicyclic amines) is 1. The van der Waals surface area contributed by atoms with Crippen molar-refractivity contribution >= 4 is 23.4 Å². The molecule has 2 heterocycles. The molecule has 3 amide bonds. The lowest BCUT2D eigenvalue weighted by atomic mass is 10.1. The van der Waals surface area contributed by atoms with Crippen LogP contribution in [0, 0.1) is 5.82 Å². The molecule has 1 aromatic rings. The summed E-state index contributed by atoms with van der Waals surface area (Å²) in [5.74, 6) is -1.22. The van der Waals surface area contributed by atoms with Gasteiger partial charge in [0.1, 0.15) is 11.9 Å². The van der Waals surface area contributed by atoms with E-state index >= 15 is 0 Å². The van der Waals surface area contributed by atoms with Crippen molar-refractivity contribution in [2.75, 3.05) is 37.6 Å². The maximum atomic E-state index is 13.1. The molecule has 25 heavy (non-hydrogen) atoms. The van der Waals surface area contributed by atoms with E-state index in [0.717, 1.165) is 12.1 Å². The second-order valence-electron chi connectivity index (χ2n) is 6.35. The lowest BCUT2D eigenvalue weighted by Gasteiger charge is -2.41. The van der Waals surface area contributed by atoms with Gasteiger partial charge in [-0.2, -0.15) is 0 Å². The molecule has 2 saturated heterocycles. The molecule has 1 aromatic carbocycles. The number of hydrogen-bond acceptors (Lipinski definition) is 4. The Balaban J connectivity index is 1.69. The Morgan fingerprint density at radius 3 is 2.48 bits per heavy atom. The zero-order chi connectivity index (χ0) is 18.0. The number of nitrogens with two attached hydrogens (primary N) is 1. The van der Waals surface area contributed by atoms with Gasteiger partial charge in [0.2, 0.25) is 17.7 Å². The highest BCUT2D eigenvalue weighted by Crippen LogP contribution is 2.20. The summed E-state index contributed by atoms with van der Waals surface area (Å²) in [5, 5.41) is 0. The van der Waals surface area contributed by atoms with Crippen molar-refractivity contribution in [1.29, 1.82) is 0 Å². The molecule has 2 fully saturated rings. The number of primary amides is 1. The van der Waals surface area contributed by atoms with Gasteiger partial charge >= 0.3 is 0 Å². The highest BCUT2D eigenvalue weighted by molar-refractivity contribution is 5.90. The van der Waals surface area contributed by atoms with Gasteiger partial charge in [0.25, 0.3) is 0 Å². The molecule has 2 N–H and O–H groups in total. The van der Waals surface area contributed by atoms with Crippen LogP contribution in [0.3, 0.4) is 0 Å². The van der Waals surface area contributed by atoms with Crippen molar-refractivity contribution in [3.05, 3.63) is 30.1 Å². The number of benzene rings is 1. The molecule has 7 nitrogen and oxygen atoms in total. The number of carbonyl (C=O) groups excluding carboxylic acids is 3.